The second-order valence-corrected chi connectivity index (χ2v) is 5.41. The van der Waals surface area contributed by atoms with E-state index in [9.17, 15) is 5.11 Å². The fourth-order valence-electron chi connectivity index (χ4n) is 2.39. The summed E-state index contributed by atoms with van der Waals surface area (Å²) in [6.07, 6.45) is 1.25. The van der Waals surface area contributed by atoms with Gasteiger partial charge in [-0.3, -0.25) is 0 Å². The molecule has 2 heteroatoms. The van der Waals surface area contributed by atoms with Crippen LogP contribution in [-0.4, -0.2) is 5.11 Å². The van der Waals surface area contributed by atoms with Crippen LogP contribution in [0.25, 0.3) is 0 Å². The number of ether oxygens (including phenoxy) is 1. The average Bonchev–Trinajstić information content (AvgIpc) is 2.54. The number of aliphatic hydroxyl groups is 1. The van der Waals surface area contributed by atoms with Crippen molar-refractivity contribution in [1.29, 1.82) is 0 Å². The molecule has 2 aromatic carbocycles. The van der Waals surface area contributed by atoms with Gasteiger partial charge in [0.2, 0.25) is 0 Å². The molecule has 0 aliphatic heterocycles. The van der Waals surface area contributed by atoms with Crippen LogP contribution < -0.4 is 4.74 Å². The van der Waals surface area contributed by atoms with Crippen molar-refractivity contribution in [1.82, 2.24) is 0 Å². The van der Waals surface area contributed by atoms with Gasteiger partial charge in [0.05, 0.1) is 6.10 Å². The quantitative estimate of drug-likeness (QED) is 0.765. The summed E-state index contributed by atoms with van der Waals surface area (Å²) >= 11 is 0. The second-order valence-electron chi connectivity index (χ2n) is 5.41. The minimum atomic E-state index is -0.489. The molecule has 0 bridgehead atoms. The van der Waals surface area contributed by atoms with Gasteiger partial charge >= 0.3 is 0 Å². The summed E-state index contributed by atoms with van der Waals surface area (Å²) in [5, 5.41) is 10.1. The Kier molecular flexibility index (Phi) is 5.40. The molecule has 2 rings (SSSR count). The molecular weight excluding hydrogens is 260 g/mol. The van der Waals surface area contributed by atoms with Crippen LogP contribution in [0.5, 0.6) is 11.5 Å². The van der Waals surface area contributed by atoms with Gasteiger partial charge in [-0.15, -0.1) is 0 Å². The third-order valence-electron chi connectivity index (χ3n) is 3.95. The maximum Gasteiger partial charge on any atom is 0.133 e. The van der Waals surface area contributed by atoms with Gasteiger partial charge in [-0.1, -0.05) is 57.2 Å². The van der Waals surface area contributed by atoms with Crippen LogP contribution >= 0.6 is 0 Å². The smallest absolute Gasteiger partial charge is 0.133 e. The minimum Gasteiger partial charge on any atom is -0.457 e. The molecule has 0 spiro atoms. The fourth-order valence-corrected chi connectivity index (χ4v) is 2.39. The maximum absolute atomic E-state index is 10.1. The summed E-state index contributed by atoms with van der Waals surface area (Å²) in [6.45, 7) is 6.35. The highest BCUT2D eigenvalue weighted by Crippen LogP contribution is 2.35. The van der Waals surface area contributed by atoms with Crippen molar-refractivity contribution in [3.8, 4) is 11.5 Å². The lowest BCUT2D eigenvalue weighted by molar-refractivity contribution is 0.170. The van der Waals surface area contributed by atoms with Crippen LogP contribution in [0.2, 0.25) is 0 Å². The molecule has 0 saturated heterocycles. The zero-order chi connectivity index (χ0) is 15.2. The van der Waals surface area contributed by atoms with Gasteiger partial charge in [0.15, 0.2) is 0 Å². The summed E-state index contributed by atoms with van der Waals surface area (Å²) < 4.78 is 6.13. The first kappa shape index (κ1) is 15.6. The molecule has 0 aromatic heterocycles. The van der Waals surface area contributed by atoms with Gasteiger partial charge in [0.25, 0.3) is 0 Å². The number of benzene rings is 2. The van der Waals surface area contributed by atoms with E-state index >= 15 is 0 Å². The molecule has 0 fully saturated rings. The third kappa shape index (κ3) is 3.64. The van der Waals surface area contributed by atoms with E-state index in [0.717, 1.165) is 23.5 Å². The van der Waals surface area contributed by atoms with E-state index in [4.69, 9.17) is 4.74 Å². The van der Waals surface area contributed by atoms with Crippen molar-refractivity contribution in [3.05, 3.63) is 59.7 Å². The van der Waals surface area contributed by atoms with Gasteiger partial charge in [-0.2, -0.15) is 0 Å². The Hall–Kier alpha value is -1.80. The summed E-state index contributed by atoms with van der Waals surface area (Å²) in [7, 11) is 0. The van der Waals surface area contributed by atoms with E-state index in [1.807, 2.05) is 49.4 Å². The van der Waals surface area contributed by atoms with E-state index < -0.39 is 6.10 Å². The molecule has 0 aliphatic rings. The zero-order valence-corrected chi connectivity index (χ0v) is 13.0. The zero-order valence-electron chi connectivity index (χ0n) is 13.0. The molecule has 0 aliphatic carbocycles. The molecule has 0 heterocycles. The molecule has 2 aromatic rings. The standard InChI is InChI=1S/C19H24O2/c1-4-14(3)15-10-6-8-12-18(15)21-19-13-9-7-11-16(19)17(20)5-2/h6-14,17,20H,4-5H2,1-3H3/t14?,17-/m0/s1. The highest BCUT2D eigenvalue weighted by molar-refractivity contribution is 5.43. The van der Waals surface area contributed by atoms with Crippen LogP contribution in [0.15, 0.2) is 48.5 Å². The SMILES string of the molecule is CCC(C)c1ccccc1Oc1ccccc1[C@@H](O)CC. The summed E-state index contributed by atoms with van der Waals surface area (Å²) in [6, 6.07) is 15.9. The van der Waals surface area contributed by atoms with Gasteiger partial charge in [0.1, 0.15) is 11.5 Å². The molecule has 2 nitrogen and oxygen atoms in total. The van der Waals surface area contributed by atoms with Crippen molar-refractivity contribution in [3.63, 3.8) is 0 Å². The molecule has 0 radical (unpaired) electrons. The van der Waals surface area contributed by atoms with E-state index in [-0.39, 0.29) is 0 Å². The Balaban J connectivity index is 2.35. The lowest BCUT2D eigenvalue weighted by atomic mass is 9.97. The molecule has 2 atom stereocenters. The van der Waals surface area contributed by atoms with E-state index in [0.29, 0.717) is 12.3 Å². The van der Waals surface area contributed by atoms with Gasteiger partial charge in [-0.05, 0) is 36.5 Å². The topological polar surface area (TPSA) is 29.5 Å². The van der Waals surface area contributed by atoms with Gasteiger partial charge in [-0.25, -0.2) is 0 Å². The maximum atomic E-state index is 10.1. The van der Waals surface area contributed by atoms with E-state index in [1.165, 1.54) is 5.56 Å². The Bertz CT molecular complexity index is 526. The lowest BCUT2D eigenvalue weighted by Crippen LogP contribution is -2.01. The number of hydrogen-bond donors (Lipinski definition) is 1. The van der Waals surface area contributed by atoms with Crippen LogP contribution in [0.1, 0.15) is 56.8 Å². The van der Waals surface area contributed by atoms with Crippen molar-refractivity contribution >= 4 is 0 Å². The Morgan fingerprint density at radius 3 is 1.95 bits per heavy atom. The average molecular weight is 284 g/mol. The van der Waals surface area contributed by atoms with Crippen LogP contribution in [0.3, 0.4) is 0 Å². The highest BCUT2D eigenvalue weighted by Gasteiger charge is 2.15. The minimum absolute atomic E-state index is 0.449. The Morgan fingerprint density at radius 1 is 0.857 bits per heavy atom. The van der Waals surface area contributed by atoms with Crippen molar-refractivity contribution in [2.45, 2.75) is 45.6 Å². The number of hydrogen-bond acceptors (Lipinski definition) is 2. The molecule has 0 saturated carbocycles. The van der Waals surface area contributed by atoms with Gasteiger partial charge in [0, 0.05) is 5.56 Å². The number of rotatable bonds is 6. The van der Waals surface area contributed by atoms with Crippen LogP contribution in [-0.2, 0) is 0 Å². The van der Waals surface area contributed by atoms with Crippen molar-refractivity contribution < 1.29 is 9.84 Å². The molecule has 112 valence electrons. The third-order valence-corrected chi connectivity index (χ3v) is 3.95. The second kappa shape index (κ2) is 7.28. The van der Waals surface area contributed by atoms with Crippen LogP contribution in [0, 0.1) is 0 Å². The van der Waals surface area contributed by atoms with Crippen LogP contribution in [0.4, 0.5) is 0 Å². The van der Waals surface area contributed by atoms with E-state index in [1.54, 1.807) is 0 Å². The molecule has 1 unspecified atom stereocenters. The summed E-state index contributed by atoms with van der Waals surface area (Å²) in [4.78, 5) is 0. The van der Waals surface area contributed by atoms with Crippen molar-refractivity contribution in [2.24, 2.45) is 0 Å². The molecular formula is C19H24O2. The predicted molar refractivity (Wildman–Crippen MR) is 86.9 cm³/mol. The monoisotopic (exact) mass is 284 g/mol. The molecule has 0 amide bonds. The highest BCUT2D eigenvalue weighted by atomic mass is 16.5. The molecule has 21 heavy (non-hydrogen) atoms. The normalized spacial score (nSPS) is 13.7. The Morgan fingerprint density at radius 2 is 1.38 bits per heavy atom. The van der Waals surface area contributed by atoms with E-state index in [2.05, 4.69) is 19.9 Å². The first-order valence-electron chi connectivity index (χ1n) is 7.71. The fraction of sp³-hybridized carbons (Fsp3) is 0.368. The number of para-hydroxylation sites is 2. The number of aliphatic hydroxyl groups excluding tert-OH is 1. The Labute approximate surface area is 127 Å². The van der Waals surface area contributed by atoms with Gasteiger partial charge < -0.3 is 9.84 Å². The summed E-state index contributed by atoms with van der Waals surface area (Å²) in [5.74, 6) is 2.06. The predicted octanol–water partition coefficient (Wildman–Crippen LogP) is 5.44. The largest absolute Gasteiger partial charge is 0.457 e. The first-order valence-corrected chi connectivity index (χ1v) is 7.71. The van der Waals surface area contributed by atoms with Crippen molar-refractivity contribution in [2.75, 3.05) is 0 Å². The molecule has 1 N–H and O–H groups in total. The first-order chi connectivity index (χ1) is 10.2. The summed E-state index contributed by atoms with van der Waals surface area (Å²) in [5.41, 5.74) is 2.06. The lowest BCUT2D eigenvalue weighted by Gasteiger charge is -2.18.